The van der Waals surface area contributed by atoms with Crippen LogP contribution in [0.5, 0.6) is 0 Å². The quantitative estimate of drug-likeness (QED) is 0.167. The van der Waals surface area contributed by atoms with Gasteiger partial charge in [-0.05, 0) is 54.6 Å². The van der Waals surface area contributed by atoms with Crippen molar-refractivity contribution >= 4 is 34.1 Å². The van der Waals surface area contributed by atoms with Crippen LogP contribution in [-0.2, 0) is 0 Å². The lowest BCUT2D eigenvalue weighted by Crippen LogP contribution is -2.02. The SMILES string of the molecule is NN.Nc1ccc(N)cc1.Nc1cccc(N)c1.Nc1ccccc1N. The summed E-state index contributed by atoms with van der Waals surface area (Å²) in [5, 5.41) is 0. The van der Waals surface area contributed by atoms with E-state index in [1.54, 1.807) is 54.6 Å². The van der Waals surface area contributed by atoms with Gasteiger partial charge in [0.05, 0.1) is 11.4 Å². The summed E-state index contributed by atoms with van der Waals surface area (Å²) in [6.07, 6.45) is 0. The van der Waals surface area contributed by atoms with Gasteiger partial charge in [-0.2, -0.15) is 0 Å². The molecule has 0 aliphatic rings. The van der Waals surface area contributed by atoms with Crippen LogP contribution >= 0.6 is 0 Å². The van der Waals surface area contributed by atoms with Crippen molar-refractivity contribution in [2.45, 2.75) is 0 Å². The number of nitrogens with two attached hydrogens (primary N) is 8. The molecule has 0 spiro atoms. The van der Waals surface area contributed by atoms with E-state index in [4.69, 9.17) is 34.4 Å². The van der Waals surface area contributed by atoms with E-state index >= 15 is 0 Å². The number of nitrogen functional groups attached to an aromatic ring is 6. The minimum Gasteiger partial charge on any atom is -0.399 e. The van der Waals surface area contributed by atoms with E-state index in [0.717, 1.165) is 11.4 Å². The maximum Gasteiger partial charge on any atom is 0.0547 e. The summed E-state index contributed by atoms with van der Waals surface area (Å²) < 4.78 is 0. The van der Waals surface area contributed by atoms with Crippen molar-refractivity contribution in [3.05, 3.63) is 72.8 Å². The molecule has 16 N–H and O–H groups in total. The van der Waals surface area contributed by atoms with Gasteiger partial charge in [0.2, 0.25) is 0 Å². The molecule has 0 aliphatic heterocycles. The first-order valence-corrected chi connectivity index (χ1v) is 7.54. The largest absolute Gasteiger partial charge is 0.399 e. The summed E-state index contributed by atoms with van der Waals surface area (Å²) in [5.41, 5.74) is 36.5. The lowest BCUT2D eigenvalue weighted by atomic mass is 10.3. The van der Waals surface area contributed by atoms with Crippen LogP contribution in [0.15, 0.2) is 72.8 Å². The van der Waals surface area contributed by atoms with Crippen LogP contribution < -0.4 is 46.1 Å². The minimum atomic E-state index is 0.646. The molecule has 0 unspecified atom stereocenters. The summed E-state index contributed by atoms with van der Waals surface area (Å²) in [5.74, 6) is 8.00. The molecule has 3 rings (SSSR count). The van der Waals surface area contributed by atoms with E-state index < -0.39 is 0 Å². The Hall–Kier alpha value is -3.62. The third-order valence-corrected chi connectivity index (χ3v) is 2.84. The van der Waals surface area contributed by atoms with Crippen LogP contribution in [0.4, 0.5) is 34.1 Å². The fraction of sp³-hybridized carbons (Fsp3) is 0. The first-order valence-electron chi connectivity index (χ1n) is 7.54. The first kappa shape index (κ1) is 22.4. The van der Waals surface area contributed by atoms with Gasteiger partial charge < -0.3 is 34.4 Å². The van der Waals surface area contributed by atoms with Gasteiger partial charge in [0.25, 0.3) is 0 Å². The second kappa shape index (κ2) is 12.8. The fourth-order valence-electron chi connectivity index (χ4n) is 1.57. The third-order valence-electron chi connectivity index (χ3n) is 2.84. The average Bonchev–Trinajstić information content (AvgIpc) is 2.63. The Balaban J connectivity index is 0.000000344. The van der Waals surface area contributed by atoms with E-state index in [1.165, 1.54) is 0 Å². The number of hydrazine groups is 1. The highest BCUT2D eigenvalue weighted by Crippen LogP contribution is 2.10. The molecule has 0 fully saturated rings. The maximum absolute atomic E-state index is 5.39. The highest BCUT2D eigenvalue weighted by atomic mass is 15.0. The Kier molecular flexibility index (Phi) is 11.0. The van der Waals surface area contributed by atoms with Crippen molar-refractivity contribution < 1.29 is 0 Å². The van der Waals surface area contributed by atoms with Crippen molar-refractivity contribution in [3.63, 3.8) is 0 Å². The molecule has 0 atom stereocenters. The molecule has 8 heteroatoms. The molecule has 0 amide bonds. The predicted octanol–water partition coefficient (Wildman–Crippen LogP) is 1.37. The van der Waals surface area contributed by atoms with Gasteiger partial charge in [0.15, 0.2) is 0 Å². The van der Waals surface area contributed by atoms with E-state index in [-0.39, 0.29) is 0 Å². The van der Waals surface area contributed by atoms with Crippen molar-refractivity contribution in [2.24, 2.45) is 11.7 Å². The van der Waals surface area contributed by atoms with Crippen molar-refractivity contribution in [1.29, 1.82) is 0 Å². The van der Waals surface area contributed by atoms with Crippen molar-refractivity contribution in [1.82, 2.24) is 0 Å². The molecule has 3 aromatic rings. The van der Waals surface area contributed by atoms with Gasteiger partial charge in [0, 0.05) is 22.7 Å². The molecule has 0 radical (unpaired) electrons. The number of hydrogen-bond acceptors (Lipinski definition) is 8. The van der Waals surface area contributed by atoms with E-state index in [9.17, 15) is 0 Å². The zero-order chi connectivity index (χ0) is 19.9. The van der Waals surface area contributed by atoms with Crippen molar-refractivity contribution in [2.75, 3.05) is 34.4 Å². The van der Waals surface area contributed by atoms with Gasteiger partial charge in [-0.25, -0.2) is 0 Å². The molecule has 8 nitrogen and oxygen atoms in total. The Bertz CT molecular complexity index is 685. The van der Waals surface area contributed by atoms with Crippen LogP contribution in [0.1, 0.15) is 0 Å². The van der Waals surface area contributed by atoms with E-state index in [1.807, 2.05) is 18.2 Å². The number of rotatable bonds is 0. The summed E-state index contributed by atoms with van der Waals surface area (Å²) >= 11 is 0. The second-order valence-electron chi connectivity index (χ2n) is 4.97. The molecule has 0 aliphatic carbocycles. The summed E-state index contributed by atoms with van der Waals surface area (Å²) in [6, 6.07) is 21.5. The summed E-state index contributed by atoms with van der Waals surface area (Å²) in [7, 11) is 0. The average molecular weight is 356 g/mol. The lowest BCUT2D eigenvalue weighted by molar-refractivity contribution is 1.26. The van der Waals surface area contributed by atoms with Crippen LogP contribution in [0.2, 0.25) is 0 Å². The Morgan fingerprint density at radius 2 is 0.731 bits per heavy atom. The fourth-order valence-corrected chi connectivity index (χ4v) is 1.57. The monoisotopic (exact) mass is 356 g/mol. The van der Waals surface area contributed by atoms with E-state index in [2.05, 4.69) is 11.7 Å². The van der Waals surface area contributed by atoms with Crippen LogP contribution in [0.3, 0.4) is 0 Å². The molecule has 0 aromatic heterocycles. The van der Waals surface area contributed by atoms with E-state index in [0.29, 0.717) is 22.7 Å². The molecule has 140 valence electrons. The van der Waals surface area contributed by atoms with Gasteiger partial charge >= 0.3 is 0 Å². The second-order valence-corrected chi connectivity index (χ2v) is 4.97. The molecular formula is C18H28N8. The molecular weight excluding hydrogens is 328 g/mol. The highest BCUT2D eigenvalue weighted by molar-refractivity contribution is 5.62. The first-order chi connectivity index (χ1) is 12.4. The topological polar surface area (TPSA) is 208 Å². The van der Waals surface area contributed by atoms with Crippen LogP contribution in [0, 0.1) is 0 Å². The number of benzene rings is 3. The number of hydrogen-bond donors (Lipinski definition) is 8. The van der Waals surface area contributed by atoms with Crippen LogP contribution in [0.25, 0.3) is 0 Å². The Morgan fingerprint density at radius 3 is 0.962 bits per heavy atom. The zero-order valence-corrected chi connectivity index (χ0v) is 14.5. The lowest BCUT2D eigenvalue weighted by Gasteiger charge is -1.94. The third kappa shape index (κ3) is 10.2. The van der Waals surface area contributed by atoms with Gasteiger partial charge in [0.1, 0.15) is 0 Å². The van der Waals surface area contributed by atoms with Crippen LogP contribution in [-0.4, -0.2) is 0 Å². The maximum atomic E-state index is 5.39. The number of anilines is 6. The van der Waals surface area contributed by atoms with Gasteiger partial charge in [-0.15, -0.1) is 0 Å². The molecule has 0 saturated carbocycles. The minimum absolute atomic E-state index is 0.646. The summed E-state index contributed by atoms with van der Waals surface area (Å²) in [4.78, 5) is 0. The summed E-state index contributed by atoms with van der Waals surface area (Å²) in [6.45, 7) is 0. The predicted molar refractivity (Wildman–Crippen MR) is 114 cm³/mol. The standard InChI is InChI=1S/3C6H8N2.H4N2/c7-5-1-2-6(8)4-3-5;7-5-2-1-3-6(8)4-5;7-5-3-1-2-4-6(5)8;1-2/h3*1-4H,7-8H2;1-2H2. The van der Waals surface area contributed by atoms with Crippen molar-refractivity contribution in [3.8, 4) is 0 Å². The molecule has 0 heterocycles. The normalized spacial score (nSPS) is 8.54. The Labute approximate surface area is 153 Å². The smallest absolute Gasteiger partial charge is 0.0547 e. The molecule has 0 bridgehead atoms. The number of para-hydroxylation sites is 2. The molecule has 3 aromatic carbocycles. The van der Waals surface area contributed by atoms with Gasteiger partial charge in [-0.1, -0.05) is 18.2 Å². The highest BCUT2D eigenvalue weighted by Gasteiger charge is 1.85. The van der Waals surface area contributed by atoms with Gasteiger partial charge in [-0.3, -0.25) is 11.7 Å². The Morgan fingerprint density at radius 1 is 0.385 bits per heavy atom. The molecule has 26 heavy (non-hydrogen) atoms. The molecule has 0 saturated heterocycles. The zero-order valence-electron chi connectivity index (χ0n) is 14.5.